The van der Waals surface area contributed by atoms with Gasteiger partial charge in [-0.25, -0.2) is 13.2 Å². The Bertz CT molecular complexity index is 1660. The summed E-state index contributed by atoms with van der Waals surface area (Å²) in [6, 6.07) is 7.11. The lowest BCUT2D eigenvalue weighted by Gasteiger charge is -2.22. The molecule has 2 heterocycles. The molecule has 1 atom stereocenters. The Labute approximate surface area is 236 Å². The predicted molar refractivity (Wildman–Crippen MR) is 134 cm³/mol. The zero-order valence-electron chi connectivity index (χ0n) is 21.5. The van der Waals surface area contributed by atoms with Crippen molar-refractivity contribution in [1.82, 2.24) is 14.9 Å². The fourth-order valence-electron chi connectivity index (χ4n) is 4.43. The molecule has 2 aromatic carbocycles. The summed E-state index contributed by atoms with van der Waals surface area (Å²) >= 11 is 0. The number of pyridine rings is 1. The zero-order chi connectivity index (χ0) is 31.7. The van der Waals surface area contributed by atoms with Gasteiger partial charge in [-0.15, -0.1) is 0 Å². The molecule has 3 N–H and O–H groups in total. The molecule has 15 heteroatoms. The average Bonchev–Trinajstić information content (AvgIpc) is 3.33. The van der Waals surface area contributed by atoms with E-state index in [4.69, 9.17) is 5.73 Å². The van der Waals surface area contributed by atoms with E-state index in [0.717, 1.165) is 24.3 Å². The maximum absolute atomic E-state index is 14.1. The first-order valence-electron chi connectivity index (χ1n) is 12.2. The smallest absolute Gasteiger partial charge is 0.366 e. The van der Waals surface area contributed by atoms with Gasteiger partial charge in [0.1, 0.15) is 29.7 Å². The van der Waals surface area contributed by atoms with Crippen molar-refractivity contribution in [2.75, 3.05) is 0 Å². The maximum atomic E-state index is 14.1. The molecule has 43 heavy (non-hydrogen) atoms. The van der Waals surface area contributed by atoms with Gasteiger partial charge in [0.25, 0.3) is 5.91 Å². The highest BCUT2D eigenvalue weighted by Gasteiger charge is 2.40. The van der Waals surface area contributed by atoms with Crippen LogP contribution in [0.25, 0.3) is 11.1 Å². The van der Waals surface area contributed by atoms with Crippen LogP contribution in [0, 0.1) is 17.5 Å². The summed E-state index contributed by atoms with van der Waals surface area (Å²) in [6.45, 7) is -1.22. The lowest BCUT2D eigenvalue weighted by Crippen LogP contribution is -2.34. The van der Waals surface area contributed by atoms with Crippen LogP contribution < -0.4 is 11.1 Å². The highest BCUT2D eigenvalue weighted by molar-refractivity contribution is 5.94. The fraction of sp³-hybridized carbons (Fsp3) is 0.179. The minimum Gasteiger partial charge on any atom is -0.366 e. The number of carbonyl (C=O) groups excluding carboxylic acids is 2. The Morgan fingerprint density at radius 3 is 2.19 bits per heavy atom. The summed E-state index contributed by atoms with van der Waals surface area (Å²) in [5, 5.41) is 2.37. The summed E-state index contributed by atoms with van der Waals surface area (Å²) in [5.41, 5.74) is 1.66. The van der Waals surface area contributed by atoms with Gasteiger partial charge in [-0.3, -0.25) is 14.6 Å². The molecule has 0 bridgehead atoms. The van der Waals surface area contributed by atoms with Crippen molar-refractivity contribution in [1.29, 1.82) is 0 Å². The quantitative estimate of drug-likeness (QED) is 0.232. The predicted octanol–water partition coefficient (Wildman–Crippen LogP) is 6.20. The molecule has 2 amide bonds. The topological polar surface area (TPSA) is 90.0 Å². The minimum atomic E-state index is -5.24. The number of rotatable bonds is 8. The molecule has 0 aliphatic rings. The number of benzene rings is 2. The number of hydrogen-bond acceptors (Lipinski definition) is 3. The number of nitrogens with one attached hydrogen (secondary N) is 1. The number of aromatic nitrogens is 2. The molecule has 226 valence electrons. The Morgan fingerprint density at radius 1 is 0.907 bits per heavy atom. The van der Waals surface area contributed by atoms with Gasteiger partial charge in [0.15, 0.2) is 0 Å². The van der Waals surface area contributed by atoms with Gasteiger partial charge in [0.05, 0.1) is 22.9 Å². The first kappa shape index (κ1) is 31.1. The van der Waals surface area contributed by atoms with E-state index >= 15 is 0 Å². The van der Waals surface area contributed by atoms with Gasteiger partial charge in [-0.05, 0) is 53.9 Å². The van der Waals surface area contributed by atoms with E-state index in [1.54, 1.807) is 0 Å². The minimum absolute atomic E-state index is 0.0207. The standard InChI is InChI=1S/C28H19F9N4O2/c29-17-6-14(7-18(30)11-17)8-22(25-19(2-1-5-39-25)15-3-4-21(31)20(9-15)26(38)43)40-24(42)13-41-12-16(27(32,33)34)10-23(41)28(35,36)37/h1-7,9-12,22H,8,13H2,(H2,38,43)(H,40,42)/t22-/m0/s1. The number of primary amides is 1. The highest BCUT2D eigenvalue weighted by Crippen LogP contribution is 2.37. The monoisotopic (exact) mass is 614 g/mol. The van der Waals surface area contributed by atoms with Crippen LogP contribution in [0.4, 0.5) is 39.5 Å². The van der Waals surface area contributed by atoms with E-state index in [-0.39, 0.29) is 45.6 Å². The summed E-state index contributed by atoms with van der Waals surface area (Å²) < 4.78 is 122. The molecule has 4 rings (SSSR count). The molecule has 0 aliphatic carbocycles. The molecule has 0 radical (unpaired) electrons. The zero-order valence-corrected chi connectivity index (χ0v) is 21.5. The van der Waals surface area contributed by atoms with E-state index in [0.29, 0.717) is 6.07 Å². The highest BCUT2D eigenvalue weighted by atomic mass is 19.4. The molecular formula is C28H19F9N4O2. The van der Waals surface area contributed by atoms with Gasteiger partial charge in [-0.2, -0.15) is 26.3 Å². The first-order valence-corrected chi connectivity index (χ1v) is 12.2. The largest absolute Gasteiger partial charge is 0.431 e. The molecule has 0 aliphatic heterocycles. The second kappa shape index (κ2) is 11.8. The molecule has 0 fully saturated rings. The normalized spacial score (nSPS) is 12.7. The van der Waals surface area contributed by atoms with Crippen molar-refractivity contribution in [3.63, 3.8) is 0 Å². The van der Waals surface area contributed by atoms with Crippen molar-refractivity contribution < 1.29 is 49.1 Å². The number of amides is 2. The lowest BCUT2D eigenvalue weighted by atomic mass is 9.94. The molecule has 0 spiro atoms. The second-order valence-corrected chi connectivity index (χ2v) is 9.33. The van der Waals surface area contributed by atoms with Crippen molar-refractivity contribution in [2.45, 2.75) is 31.4 Å². The van der Waals surface area contributed by atoms with Gasteiger partial charge >= 0.3 is 12.4 Å². The van der Waals surface area contributed by atoms with E-state index in [1.807, 2.05) is 0 Å². The van der Waals surface area contributed by atoms with Crippen LogP contribution in [0.2, 0.25) is 0 Å². The molecular weight excluding hydrogens is 595 g/mol. The van der Waals surface area contributed by atoms with E-state index in [2.05, 4.69) is 10.3 Å². The fourth-order valence-corrected chi connectivity index (χ4v) is 4.43. The third-order valence-corrected chi connectivity index (χ3v) is 6.24. The van der Waals surface area contributed by atoms with Crippen molar-refractivity contribution >= 4 is 11.8 Å². The Hall–Kier alpha value is -4.82. The number of carbonyl (C=O) groups is 2. The molecule has 0 saturated heterocycles. The molecule has 0 unspecified atom stereocenters. The third kappa shape index (κ3) is 7.34. The van der Waals surface area contributed by atoms with Crippen molar-refractivity contribution in [3.8, 4) is 11.1 Å². The number of alkyl halides is 6. The number of nitrogens with two attached hydrogens (primary N) is 1. The SMILES string of the molecule is NC(=O)c1cc(-c2cccnc2[C@H](Cc2cc(F)cc(F)c2)NC(=O)Cn2cc(C(F)(F)F)cc2C(F)(F)F)ccc1F. The van der Waals surface area contributed by atoms with E-state index in [1.165, 1.54) is 24.4 Å². The van der Waals surface area contributed by atoms with Crippen LogP contribution in [0.1, 0.15) is 38.9 Å². The third-order valence-electron chi connectivity index (χ3n) is 6.24. The summed E-state index contributed by atoms with van der Waals surface area (Å²) in [5.74, 6) is -5.20. The molecule has 6 nitrogen and oxygen atoms in total. The number of nitrogens with zero attached hydrogens (tertiary/aromatic N) is 2. The van der Waals surface area contributed by atoms with Crippen LogP contribution >= 0.6 is 0 Å². The van der Waals surface area contributed by atoms with Crippen LogP contribution in [-0.2, 0) is 30.1 Å². The van der Waals surface area contributed by atoms with Crippen LogP contribution in [0.5, 0.6) is 0 Å². The second-order valence-electron chi connectivity index (χ2n) is 9.33. The van der Waals surface area contributed by atoms with Gasteiger partial charge in [0, 0.05) is 24.0 Å². The summed E-state index contributed by atoms with van der Waals surface area (Å²) in [4.78, 5) is 28.9. The van der Waals surface area contributed by atoms with Crippen LogP contribution in [0.15, 0.2) is 67.0 Å². The van der Waals surface area contributed by atoms with E-state index in [9.17, 15) is 49.1 Å². The van der Waals surface area contributed by atoms with Gasteiger partial charge in [-0.1, -0.05) is 12.1 Å². The van der Waals surface area contributed by atoms with Crippen LogP contribution in [-0.4, -0.2) is 21.4 Å². The number of halogens is 9. The van der Waals surface area contributed by atoms with Crippen molar-refractivity contribution in [3.05, 3.63) is 113 Å². The Balaban J connectivity index is 1.76. The Morgan fingerprint density at radius 2 is 1.58 bits per heavy atom. The van der Waals surface area contributed by atoms with Crippen molar-refractivity contribution in [2.24, 2.45) is 5.73 Å². The van der Waals surface area contributed by atoms with Gasteiger partial charge in [0.2, 0.25) is 5.91 Å². The van der Waals surface area contributed by atoms with Crippen LogP contribution in [0.3, 0.4) is 0 Å². The first-order chi connectivity index (χ1) is 20.0. The van der Waals surface area contributed by atoms with E-state index < -0.39 is 71.0 Å². The van der Waals surface area contributed by atoms with Gasteiger partial charge < -0.3 is 15.6 Å². The summed E-state index contributed by atoms with van der Waals surface area (Å²) in [7, 11) is 0. The number of hydrogen-bond donors (Lipinski definition) is 2. The Kier molecular flexibility index (Phi) is 8.55. The molecule has 4 aromatic rings. The summed E-state index contributed by atoms with van der Waals surface area (Å²) in [6.07, 6.45) is -9.37. The lowest BCUT2D eigenvalue weighted by molar-refractivity contribution is -0.144. The molecule has 0 saturated carbocycles. The average molecular weight is 614 g/mol. The molecule has 2 aromatic heterocycles. The maximum Gasteiger partial charge on any atom is 0.431 e.